The van der Waals surface area contributed by atoms with Gasteiger partial charge >= 0.3 is 5.69 Å². The fourth-order valence-electron chi connectivity index (χ4n) is 2.90. The fraction of sp³-hybridized carbons (Fsp3) is 0.188. The zero-order valence-electron chi connectivity index (χ0n) is 11.8. The van der Waals surface area contributed by atoms with Gasteiger partial charge in [-0.2, -0.15) is 5.10 Å². The number of rotatable bonds is 2. The van der Waals surface area contributed by atoms with Crippen molar-refractivity contribution in [3.8, 4) is 0 Å². The lowest BCUT2D eigenvalue weighted by Gasteiger charge is -2.17. The van der Waals surface area contributed by atoms with Crippen molar-refractivity contribution in [1.29, 1.82) is 0 Å². The van der Waals surface area contributed by atoms with Crippen LogP contribution < -0.4 is 10.6 Å². The van der Waals surface area contributed by atoms with E-state index in [1.807, 2.05) is 24.3 Å². The summed E-state index contributed by atoms with van der Waals surface area (Å²) in [4.78, 5) is 26.5. The van der Waals surface area contributed by atoms with Crippen LogP contribution in [-0.2, 0) is 17.8 Å². The van der Waals surface area contributed by atoms with Crippen LogP contribution in [-0.4, -0.2) is 26.6 Å². The van der Waals surface area contributed by atoms with E-state index in [1.54, 1.807) is 29.4 Å². The Hall–Kier alpha value is -2.89. The van der Waals surface area contributed by atoms with Crippen LogP contribution in [0.15, 0.2) is 53.6 Å². The lowest BCUT2D eigenvalue weighted by atomic mass is 10.2. The van der Waals surface area contributed by atoms with Gasteiger partial charge in [0.25, 0.3) is 0 Å². The summed E-state index contributed by atoms with van der Waals surface area (Å²) in [5.74, 6) is -0.119. The van der Waals surface area contributed by atoms with E-state index in [2.05, 4.69) is 5.10 Å². The van der Waals surface area contributed by atoms with E-state index in [0.29, 0.717) is 6.54 Å². The summed E-state index contributed by atoms with van der Waals surface area (Å²) in [6, 6.07) is 11.4. The van der Waals surface area contributed by atoms with Crippen LogP contribution in [0.1, 0.15) is 5.56 Å². The van der Waals surface area contributed by atoms with Crippen LogP contribution in [0.2, 0.25) is 0 Å². The molecule has 0 N–H and O–H groups in total. The SMILES string of the molecule is O=C(Cn1ncc2cccn2c1=O)N1CCc2ccccc21. The molecule has 0 fully saturated rings. The third-order valence-corrected chi connectivity index (χ3v) is 4.01. The predicted octanol–water partition coefficient (Wildman–Crippen LogP) is 1.09. The fourth-order valence-corrected chi connectivity index (χ4v) is 2.90. The van der Waals surface area contributed by atoms with Gasteiger partial charge in [0.2, 0.25) is 5.91 Å². The maximum absolute atomic E-state index is 12.5. The molecule has 1 amide bonds. The molecule has 6 nitrogen and oxygen atoms in total. The van der Waals surface area contributed by atoms with E-state index in [9.17, 15) is 9.59 Å². The van der Waals surface area contributed by atoms with Crippen LogP contribution in [0, 0.1) is 0 Å². The summed E-state index contributed by atoms with van der Waals surface area (Å²) < 4.78 is 2.69. The van der Waals surface area contributed by atoms with E-state index in [-0.39, 0.29) is 18.1 Å². The second kappa shape index (κ2) is 4.84. The van der Waals surface area contributed by atoms with Gasteiger partial charge in [0, 0.05) is 18.4 Å². The maximum atomic E-state index is 12.5. The van der Waals surface area contributed by atoms with Gasteiger partial charge < -0.3 is 4.90 Å². The third-order valence-electron chi connectivity index (χ3n) is 4.01. The third kappa shape index (κ3) is 1.92. The number of carbonyl (C=O) groups excluding carboxylic acids is 1. The Balaban J connectivity index is 1.64. The van der Waals surface area contributed by atoms with Crippen LogP contribution in [0.4, 0.5) is 5.69 Å². The number of benzene rings is 1. The number of fused-ring (bicyclic) bond motifs is 2. The highest BCUT2D eigenvalue weighted by atomic mass is 16.2. The molecule has 0 aliphatic carbocycles. The van der Waals surface area contributed by atoms with Crippen molar-refractivity contribution in [2.24, 2.45) is 0 Å². The lowest BCUT2D eigenvalue weighted by Crippen LogP contribution is -2.38. The van der Waals surface area contributed by atoms with Crippen LogP contribution in [0.25, 0.3) is 5.52 Å². The van der Waals surface area contributed by atoms with Crippen molar-refractivity contribution < 1.29 is 4.79 Å². The number of anilines is 1. The zero-order chi connectivity index (χ0) is 15.1. The van der Waals surface area contributed by atoms with Crippen molar-refractivity contribution in [3.05, 3.63) is 64.8 Å². The second-order valence-corrected chi connectivity index (χ2v) is 5.31. The number of nitrogens with zero attached hydrogens (tertiary/aromatic N) is 4. The minimum absolute atomic E-state index is 0.0543. The summed E-state index contributed by atoms with van der Waals surface area (Å²) in [5.41, 5.74) is 2.52. The Kier molecular flexibility index (Phi) is 2.82. The summed E-state index contributed by atoms with van der Waals surface area (Å²) in [6.45, 7) is 0.597. The molecule has 0 atom stereocenters. The molecule has 0 spiro atoms. The van der Waals surface area contributed by atoms with Gasteiger partial charge in [-0.25, -0.2) is 9.48 Å². The molecule has 6 heteroatoms. The highest BCUT2D eigenvalue weighted by molar-refractivity contribution is 5.95. The molecule has 1 aromatic carbocycles. The topological polar surface area (TPSA) is 59.6 Å². The summed E-state index contributed by atoms with van der Waals surface area (Å²) in [5, 5.41) is 4.08. The zero-order valence-corrected chi connectivity index (χ0v) is 11.8. The smallest absolute Gasteiger partial charge is 0.310 e. The highest BCUT2D eigenvalue weighted by Crippen LogP contribution is 2.27. The van der Waals surface area contributed by atoms with Gasteiger partial charge in [0.1, 0.15) is 6.54 Å². The first kappa shape index (κ1) is 12.8. The Morgan fingerprint density at radius 1 is 1.18 bits per heavy atom. The average molecular weight is 294 g/mol. The lowest BCUT2D eigenvalue weighted by molar-refractivity contribution is -0.119. The Morgan fingerprint density at radius 3 is 2.95 bits per heavy atom. The molecule has 0 saturated heterocycles. The van der Waals surface area contributed by atoms with Crippen molar-refractivity contribution in [2.45, 2.75) is 13.0 Å². The molecule has 0 saturated carbocycles. The van der Waals surface area contributed by atoms with E-state index in [0.717, 1.165) is 23.2 Å². The summed E-state index contributed by atoms with van der Waals surface area (Å²) >= 11 is 0. The summed E-state index contributed by atoms with van der Waals surface area (Å²) in [7, 11) is 0. The number of para-hydroxylation sites is 1. The molecule has 0 radical (unpaired) electrons. The van der Waals surface area contributed by atoms with E-state index >= 15 is 0 Å². The monoisotopic (exact) mass is 294 g/mol. The van der Waals surface area contributed by atoms with Gasteiger partial charge in [-0.05, 0) is 30.2 Å². The quantitative estimate of drug-likeness (QED) is 0.711. The van der Waals surface area contributed by atoms with Crippen LogP contribution in [0.3, 0.4) is 0 Å². The number of amides is 1. The molecule has 22 heavy (non-hydrogen) atoms. The predicted molar refractivity (Wildman–Crippen MR) is 82.0 cm³/mol. The first-order valence-electron chi connectivity index (χ1n) is 7.15. The molecule has 1 aliphatic rings. The molecule has 3 heterocycles. The van der Waals surface area contributed by atoms with Crippen LogP contribution >= 0.6 is 0 Å². The molecule has 0 unspecified atom stereocenters. The number of aromatic nitrogens is 3. The normalized spacial score (nSPS) is 13.5. The first-order chi connectivity index (χ1) is 10.7. The summed E-state index contributed by atoms with van der Waals surface area (Å²) in [6.07, 6.45) is 4.11. The Morgan fingerprint density at radius 2 is 2.05 bits per heavy atom. The second-order valence-electron chi connectivity index (χ2n) is 5.31. The molecular formula is C16H14N4O2. The van der Waals surface area contributed by atoms with Crippen molar-refractivity contribution >= 4 is 17.1 Å². The Labute approximate surface area is 126 Å². The van der Waals surface area contributed by atoms with E-state index < -0.39 is 0 Å². The molecule has 0 bridgehead atoms. The Bertz CT molecular complexity index is 925. The molecular weight excluding hydrogens is 280 g/mol. The molecule has 2 aromatic heterocycles. The number of carbonyl (C=O) groups is 1. The maximum Gasteiger partial charge on any atom is 0.349 e. The molecule has 1 aliphatic heterocycles. The van der Waals surface area contributed by atoms with Gasteiger partial charge in [0.15, 0.2) is 0 Å². The van der Waals surface area contributed by atoms with Crippen molar-refractivity contribution in [3.63, 3.8) is 0 Å². The van der Waals surface area contributed by atoms with E-state index in [4.69, 9.17) is 0 Å². The molecule has 4 rings (SSSR count). The first-order valence-corrected chi connectivity index (χ1v) is 7.15. The van der Waals surface area contributed by atoms with Gasteiger partial charge in [-0.15, -0.1) is 0 Å². The minimum Gasteiger partial charge on any atom is -0.310 e. The number of hydrogen-bond acceptors (Lipinski definition) is 3. The largest absolute Gasteiger partial charge is 0.349 e. The van der Waals surface area contributed by atoms with E-state index in [1.165, 1.54) is 9.08 Å². The van der Waals surface area contributed by atoms with Gasteiger partial charge in [-0.1, -0.05) is 18.2 Å². The van der Waals surface area contributed by atoms with Gasteiger partial charge in [0.05, 0.1) is 11.7 Å². The van der Waals surface area contributed by atoms with Crippen LogP contribution in [0.5, 0.6) is 0 Å². The number of hydrogen-bond donors (Lipinski definition) is 0. The average Bonchev–Trinajstić information content (AvgIpc) is 3.16. The minimum atomic E-state index is -0.302. The highest BCUT2D eigenvalue weighted by Gasteiger charge is 2.24. The van der Waals surface area contributed by atoms with Crippen molar-refractivity contribution in [1.82, 2.24) is 14.2 Å². The molecule has 3 aromatic rings. The standard InChI is InChI=1S/C16H14N4O2/c21-15(19-9-7-12-4-1-2-6-14(12)19)11-20-16(22)18-8-3-5-13(18)10-17-20/h1-6,8,10H,7,9,11H2. The van der Waals surface area contributed by atoms with Crippen molar-refractivity contribution in [2.75, 3.05) is 11.4 Å². The molecule has 110 valence electrons. The van der Waals surface area contributed by atoms with Gasteiger partial charge in [-0.3, -0.25) is 9.20 Å².